The van der Waals surface area contributed by atoms with Crippen LogP contribution in [0.1, 0.15) is 23.2 Å². The van der Waals surface area contributed by atoms with Gasteiger partial charge in [-0.05, 0) is 49.2 Å². The van der Waals surface area contributed by atoms with Gasteiger partial charge in [0.1, 0.15) is 0 Å². The van der Waals surface area contributed by atoms with Crippen LogP contribution < -0.4 is 5.32 Å². The molecule has 2 aromatic carbocycles. The van der Waals surface area contributed by atoms with Crippen LogP contribution in [-0.4, -0.2) is 31.7 Å². The van der Waals surface area contributed by atoms with E-state index < -0.39 is 15.9 Å². The molecule has 132 valence electrons. The summed E-state index contributed by atoms with van der Waals surface area (Å²) in [6.45, 7) is 1.05. The molecule has 1 saturated heterocycles. The lowest BCUT2D eigenvalue weighted by Crippen LogP contribution is -2.27. The van der Waals surface area contributed by atoms with E-state index >= 15 is 0 Å². The summed E-state index contributed by atoms with van der Waals surface area (Å²) < 4.78 is 26.7. The van der Waals surface area contributed by atoms with Crippen LogP contribution in [0.2, 0.25) is 10.0 Å². The van der Waals surface area contributed by atoms with E-state index in [1.165, 1.54) is 28.6 Å². The standard InChI is InChI=1S/C17H16Cl2N2O3S/c18-12-6-7-15(16(19)10-12)17(22)20-13-4-3-5-14(11-13)25(23,24)21-8-1-2-9-21/h3-7,10-11H,1-2,8-9H2,(H,20,22). The highest BCUT2D eigenvalue weighted by Crippen LogP contribution is 2.25. The van der Waals surface area contributed by atoms with Crippen LogP contribution in [0.25, 0.3) is 0 Å². The topological polar surface area (TPSA) is 66.5 Å². The molecule has 1 amide bonds. The van der Waals surface area contributed by atoms with Gasteiger partial charge in [0.15, 0.2) is 0 Å². The number of hydrogen-bond donors (Lipinski definition) is 1. The number of sulfonamides is 1. The van der Waals surface area contributed by atoms with Crippen molar-refractivity contribution in [3.8, 4) is 0 Å². The first-order valence-electron chi connectivity index (χ1n) is 7.74. The van der Waals surface area contributed by atoms with Gasteiger partial charge in [-0.3, -0.25) is 4.79 Å². The fraction of sp³-hybridized carbons (Fsp3) is 0.235. The maximum Gasteiger partial charge on any atom is 0.257 e. The lowest BCUT2D eigenvalue weighted by atomic mass is 10.2. The van der Waals surface area contributed by atoms with Gasteiger partial charge in [0.2, 0.25) is 10.0 Å². The number of halogens is 2. The molecule has 0 radical (unpaired) electrons. The molecule has 1 aliphatic heterocycles. The monoisotopic (exact) mass is 398 g/mol. The first-order chi connectivity index (χ1) is 11.9. The first kappa shape index (κ1) is 18.2. The molecule has 1 aliphatic rings. The summed E-state index contributed by atoms with van der Waals surface area (Å²) in [4.78, 5) is 12.5. The Hall–Kier alpha value is -1.60. The molecule has 0 bridgehead atoms. The number of benzene rings is 2. The molecule has 1 N–H and O–H groups in total. The molecule has 1 fully saturated rings. The van der Waals surface area contributed by atoms with Crippen molar-refractivity contribution in [2.45, 2.75) is 17.7 Å². The van der Waals surface area contributed by atoms with Crippen LogP contribution >= 0.6 is 23.2 Å². The first-order valence-corrected chi connectivity index (χ1v) is 9.94. The van der Waals surface area contributed by atoms with Crippen LogP contribution in [0.5, 0.6) is 0 Å². The van der Waals surface area contributed by atoms with Crippen molar-refractivity contribution in [2.24, 2.45) is 0 Å². The largest absolute Gasteiger partial charge is 0.322 e. The SMILES string of the molecule is O=C(Nc1cccc(S(=O)(=O)N2CCCC2)c1)c1ccc(Cl)cc1Cl. The number of nitrogens with zero attached hydrogens (tertiary/aromatic N) is 1. The highest BCUT2D eigenvalue weighted by Gasteiger charge is 2.27. The molecule has 8 heteroatoms. The predicted octanol–water partition coefficient (Wildman–Crippen LogP) is 4.03. The van der Waals surface area contributed by atoms with E-state index in [1.807, 2.05) is 0 Å². The van der Waals surface area contributed by atoms with Crippen molar-refractivity contribution < 1.29 is 13.2 Å². The highest BCUT2D eigenvalue weighted by atomic mass is 35.5. The quantitative estimate of drug-likeness (QED) is 0.844. The van der Waals surface area contributed by atoms with Crippen LogP contribution in [0, 0.1) is 0 Å². The number of anilines is 1. The molecular formula is C17H16Cl2N2O3S. The fourth-order valence-electron chi connectivity index (χ4n) is 2.68. The molecule has 0 atom stereocenters. The van der Waals surface area contributed by atoms with E-state index in [9.17, 15) is 13.2 Å². The van der Waals surface area contributed by atoms with Gasteiger partial charge < -0.3 is 5.32 Å². The minimum atomic E-state index is -3.54. The van der Waals surface area contributed by atoms with Crippen molar-refractivity contribution in [3.63, 3.8) is 0 Å². The van der Waals surface area contributed by atoms with Gasteiger partial charge in [-0.25, -0.2) is 8.42 Å². The third kappa shape index (κ3) is 3.98. The maximum absolute atomic E-state index is 12.6. The minimum Gasteiger partial charge on any atom is -0.322 e. The van der Waals surface area contributed by atoms with Crippen molar-refractivity contribution in [3.05, 3.63) is 58.1 Å². The van der Waals surface area contributed by atoms with Crippen LogP contribution in [0.15, 0.2) is 47.4 Å². The van der Waals surface area contributed by atoms with E-state index in [2.05, 4.69) is 5.32 Å². The molecule has 0 spiro atoms. The molecule has 5 nitrogen and oxygen atoms in total. The van der Waals surface area contributed by atoms with Gasteiger partial charge in [-0.1, -0.05) is 29.3 Å². The molecule has 0 aliphatic carbocycles. The van der Waals surface area contributed by atoms with Crippen molar-refractivity contribution in [2.75, 3.05) is 18.4 Å². The smallest absolute Gasteiger partial charge is 0.257 e. The number of hydrogen-bond acceptors (Lipinski definition) is 3. The maximum atomic E-state index is 12.6. The molecule has 0 saturated carbocycles. The number of carbonyl (C=O) groups excluding carboxylic acids is 1. The van der Waals surface area contributed by atoms with Gasteiger partial charge in [0.25, 0.3) is 5.91 Å². The van der Waals surface area contributed by atoms with E-state index in [0.29, 0.717) is 23.8 Å². The Morgan fingerprint density at radius 2 is 1.76 bits per heavy atom. The van der Waals surface area contributed by atoms with E-state index in [-0.39, 0.29) is 15.5 Å². The Morgan fingerprint density at radius 3 is 2.44 bits per heavy atom. The average molecular weight is 399 g/mol. The Balaban J connectivity index is 1.83. The zero-order valence-corrected chi connectivity index (χ0v) is 15.5. The molecule has 1 heterocycles. The second-order valence-electron chi connectivity index (χ2n) is 5.72. The Labute approximate surface area is 156 Å². The lowest BCUT2D eigenvalue weighted by Gasteiger charge is -2.16. The predicted molar refractivity (Wildman–Crippen MR) is 98.9 cm³/mol. The minimum absolute atomic E-state index is 0.161. The van der Waals surface area contributed by atoms with E-state index in [1.54, 1.807) is 18.2 Å². The second kappa shape index (κ2) is 7.33. The summed E-state index contributed by atoms with van der Waals surface area (Å²) >= 11 is 11.9. The summed E-state index contributed by atoms with van der Waals surface area (Å²) in [6, 6.07) is 10.8. The molecule has 2 aromatic rings. The van der Waals surface area contributed by atoms with Crippen molar-refractivity contribution in [1.29, 1.82) is 0 Å². The third-order valence-corrected chi connectivity index (χ3v) is 6.41. The van der Waals surface area contributed by atoms with Gasteiger partial charge in [-0.2, -0.15) is 4.31 Å². The van der Waals surface area contributed by atoms with Gasteiger partial charge >= 0.3 is 0 Å². The Kier molecular flexibility index (Phi) is 5.34. The van der Waals surface area contributed by atoms with E-state index in [0.717, 1.165) is 12.8 Å². The average Bonchev–Trinajstić information content (AvgIpc) is 3.10. The highest BCUT2D eigenvalue weighted by molar-refractivity contribution is 7.89. The summed E-state index contributed by atoms with van der Waals surface area (Å²) in [5.41, 5.74) is 0.648. The molecule has 0 unspecified atom stereocenters. The zero-order chi connectivity index (χ0) is 18.0. The molecule has 0 aromatic heterocycles. The number of carbonyl (C=O) groups is 1. The Morgan fingerprint density at radius 1 is 1.04 bits per heavy atom. The number of rotatable bonds is 4. The Bertz CT molecular complexity index is 910. The summed E-state index contributed by atoms with van der Waals surface area (Å²) in [5.74, 6) is -0.433. The van der Waals surface area contributed by atoms with Crippen LogP contribution in [0.3, 0.4) is 0 Å². The van der Waals surface area contributed by atoms with Crippen molar-refractivity contribution in [1.82, 2.24) is 4.31 Å². The summed E-state index contributed by atoms with van der Waals surface area (Å²) in [5, 5.41) is 3.33. The normalized spacial score (nSPS) is 15.3. The van der Waals surface area contributed by atoms with E-state index in [4.69, 9.17) is 23.2 Å². The fourth-order valence-corrected chi connectivity index (χ4v) is 4.74. The zero-order valence-electron chi connectivity index (χ0n) is 13.2. The van der Waals surface area contributed by atoms with Crippen molar-refractivity contribution >= 4 is 44.8 Å². The van der Waals surface area contributed by atoms with Gasteiger partial charge in [0, 0.05) is 23.8 Å². The third-order valence-electron chi connectivity index (χ3n) is 3.97. The number of nitrogens with one attached hydrogen (secondary N) is 1. The summed E-state index contributed by atoms with van der Waals surface area (Å²) in [6.07, 6.45) is 1.73. The molecular weight excluding hydrogens is 383 g/mol. The molecule has 3 rings (SSSR count). The van der Waals surface area contributed by atoms with Gasteiger partial charge in [0.05, 0.1) is 15.5 Å². The van der Waals surface area contributed by atoms with Crippen LogP contribution in [-0.2, 0) is 10.0 Å². The number of amides is 1. The van der Waals surface area contributed by atoms with Crippen LogP contribution in [0.4, 0.5) is 5.69 Å². The lowest BCUT2D eigenvalue weighted by molar-refractivity contribution is 0.102. The second-order valence-corrected chi connectivity index (χ2v) is 8.50. The summed E-state index contributed by atoms with van der Waals surface area (Å²) in [7, 11) is -3.54. The van der Waals surface area contributed by atoms with Gasteiger partial charge in [-0.15, -0.1) is 0 Å². The molecule has 25 heavy (non-hydrogen) atoms.